The molecule has 6 heteroatoms. The minimum atomic E-state index is -0.151. The molecule has 0 aliphatic carbocycles. The van der Waals surface area contributed by atoms with E-state index in [2.05, 4.69) is 5.10 Å². The highest BCUT2D eigenvalue weighted by atomic mass is 35.5. The van der Waals surface area contributed by atoms with E-state index in [9.17, 15) is 4.79 Å². The minimum absolute atomic E-state index is 0.151. The summed E-state index contributed by atoms with van der Waals surface area (Å²) < 4.78 is 1.69. The average Bonchev–Trinajstić information content (AvgIpc) is 2.64. The van der Waals surface area contributed by atoms with Crippen LogP contribution >= 0.6 is 11.6 Å². The summed E-state index contributed by atoms with van der Waals surface area (Å²) in [6.07, 6.45) is 0. The first-order chi connectivity index (χ1) is 9.32. The first-order valence-electron chi connectivity index (χ1n) is 6.16. The van der Waals surface area contributed by atoms with E-state index in [4.69, 9.17) is 17.3 Å². The molecule has 1 heterocycles. The monoisotopic (exact) mass is 292 g/mol. The molecule has 0 radical (unpaired) electrons. The number of amides is 1. The molecule has 0 unspecified atom stereocenters. The molecule has 106 valence electrons. The third kappa shape index (κ3) is 2.36. The Morgan fingerprint density at radius 1 is 1.40 bits per heavy atom. The second kappa shape index (κ2) is 5.17. The van der Waals surface area contributed by atoms with E-state index >= 15 is 0 Å². The Bertz CT molecular complexity index is 678. The van der Waals surface area contributed by atoms with Crippen molar-refractivity contribution in [3.8, 4) is 0 Å². The zero-order chi connectivity index (χ0) is 15.0. The highest BCUT2D eigenvalue weighted by Crippen LogP contribution is 2.28. The van der Waals surface area contributed by atoms with Gasteiger partial charge in [0.25, 0.3) is 5.91 Å². The van der Waals surface area contributed by atoms with E-state index < -0.39 is 0 Å². The summed E-state index contributed by atoms with van der Waals surface area (Å²) in [6, 6.07) is 5.06. The summed E-state index contributed by atoms with van der Waals surface area (Å²) in [5, 5.41) is 4.80. The van der Waals surface area contributed by atoms with Crippen LogP contribution in [0.2, 0.25) is 5.02 Å². The molecular formula is C14H17ClN4O. The molecule has 0 spiro atoms. The van der Waals surface area contributed by atoms with Crippen molar-refractivity contribution in [2.24, 2.45) is 7.05 Å². The lowest BCUT2D eigenvalue weighted by Crippen LogP contribution is -2.28. The van der Waals surface area contributed by atoms with Gasteiger partial charge in [-0.3, -0.25) is 9.48 Å². The normalized spacial score (nSPS) is 10.7. The molecule has 0 aliphatic rings. The zero-order valence-corrected chi connectivity index (χ0v) is 12.7. The van der Waals surface area contributed by atoms with Crippen LogP contribution in [-0.4, -0.2) is 22.7 Å². The number of carbonyl (C=O) groups excluding carboxylic acids is 1. The number of aromatic nitrogens is 2. The number of halogens is 1. The highest BCUT2D eigenvalue weighted by molar-refractivity contribution is 6.31. The molecule has 1 amide bonds. The van der Waals surface area contributed by atoms with E-state index in [-0.39, 0.29) is 5.91 Å². The second-order valence-corrected chi connectivity index (χ2v) is 5.17. The van der Waals surface area contributed by atoms with Gasteiger partial charge in [0.05, 0.1) is 22.6 Å². The minimum Gasteiger partial charge on any atom is -0.397 e. The molecule has 0 fully saturated rings. The molecule has 1 aromatic heterocycles. The summed E-state index contributed by atoms with van der Waals surface area (Å²) >= 11 is 5.97. The van der Waals surface area contributed by atoms with Crippen LogP contribution < -0.4 is 10.6 Å². The Hall–Kier alpha value is -2.01. The van der Waals surface area contributed by atoms with Crippen LogP contribution in [-0.2, 0) is 7.05 Å². The number of benzene rings is 1. The van der Waals surface area contributed by atoms with Crippen LogP contribution in [0.5, 0.6) is 0 Å². The number of hydrogen-bond acceptors (Lipinski definition) is 3. The molecule has 20 heavy (non-hydrogen) atoms. The maximum Gasteiger partial charge on any atom is 0.261 e. The van der Waals surface area contributed by atoms with Crippen molar-refractivity contribution >= 4 is 28.9 Å². The van der Waals surface area contributed by atoms with Gasteiger partial charge in [0, 0.05) is 24.8 Å². The number of nitrogen functional groups attached to an aromatic ring is 1. The quantitative estimate of drug-likeness (QED) is 0.865. The predicted octanol–water partition coefficient (Wildman–Crippen LogP) is 2.55. The van der Waals surface area contributed by atoms with Gasteiger partial charge >= 0.3 is 0 Å². The summed E-state index contributed by atoms with van der Waals surface area (Å²) in [5.41, 5.74) is 9.11. The summed E-state index contributed by atoms with van der Waals surface area (Å²) in [6.45, 7) is 3.68. The Morgan fingerprint density at radius 3 is 2.60 bits per heavy atom. The topological polar surface area (TPSA) is 64.2 Å². The van der Waals surface area contributed by atoms with Crippen molar-refractivity contribution < 1.29 is 4.79 Å². The van der Waals surface area contributed by atoms with Crippen molar-refractivity contribution in [2.75, 3.05) is 17.7 Å². The van der Waals surface area contributed by atoms with E-state index in [1.54, 1.807) is 29.9 Å². The van der Waals surface area contributed by atoms with Crippen LogP contribution in [0.15, 0.2) is 18.2 Å². The molecule has 5 nitrogen and oxygen atoms in total. The Labute approximate surface area is 122 Å². The molecule has 0 aliphatic heterocycles. The number of nitrogens with zero attached hydrogens (tertiary/aromatic N) is 3. The largest absolute Gasteiger partial charge is 0.397 e. The van der Waals surface area contributed by atoms with Crippen LogP contribution in [0.1, 0.15) is 21.7 Å². The molecule has 2 N–H and O–H groups in total. The van der Waals surface area contributed by atoms with Crippen molar-refractivity contribution in [3.05, 3.63) is 40.2 Å². The third-order valence-electron chi connectivity index (χ3n) is 3.38. The van der Waals surface area contributed by atoms with Gasteiger partial charge < -0.3 is 10.6 Å². The zero-order valence-electron chi connectivity index (χ0n) is 11.9. The number of rotatable bonds is 2. The number of hydrogen-bond donors (Lipinski definition) is 1. The van der Waals surface area contributed by atoms with Crippen molar-refractivity contribution in [2.45, 2.75) is 13.8 Å². The first kappa shape index (κ1) is 14.4. The Kier molecular flexibility index (Phi) is 3.72. The summed E-state index contributed by atoms with van der Waals surface area (Å²) in [7, 11) is 3.49. The Morgan fingerprint density at radius 2 is 2.05 bits per heavy atom. The van der Waals surface area contributed by atoms with Crippen LogP contribution in [0, 0.1) is 13.8 Å². The predicted molar refractivity (Wildman–Crippen MR) is 81.3 cm³/mol. The molecule has 0 bridgehead atoms. The lowest BCUT2D eigenvalue weighted by Gasteiger charge is -2.19. The second-order valence-electron chi connectivity index (χ2n) is 4.74. The molecule has 2 aromatic rings. The van der Waals surface area contributed by atoms with Crippen molar-refractivity contribution in [1.82, 2.24) is 9.78 Å². The number of carbonyl (C=O) groups is 1. The van der Waals surface area contributed by atoms with Gasteiger partial charge in [-0.2, -0.15) is 5.10 Å². The maximum atomic E-state index is 12.6. The van der Waals surface area contributed by atoms with Crippen LogP contribution in [0.3, 0.4) is 0 Å². The fourth-order valence-electron chi connectivity index (χ4n) is 2.17. The van der Waals surface area contributed by atoms with Gasteiger partial charge in [0.15, 0.2) is 0 Å². The van der Waals surface area contributed by atoms with E-state index in [1.165, 1.54) is 4.90 Å². The van der Waals surface area contributed by atoms with E-state index in [0.717, 1.165) is 5.69 Å². The fourth-order valence-corrected chi connectivity index (χ4v) is 2.33. The van der Waals surface area contributed by atoms with E-state index in [1.807, 2.05) is 20.9 Å². The molecular weight excluding hydrogens is 276 g/mol. The van der Waals surface area contributed by atoms with Gasteiger partial charge in [-0.05, 0) is 32.0 Å². The molecule has 1 aromatic carbocycles. The lowest BCUT2D eigenvalue weighted by atomic mass is 10.1. The maximum absolute atomic E-state index is 12.6. The molecule has 2 rings (SSSR count). The summed E-state index contributed by atoms with van der Waals surface area (Å²) in [4.78, 5) is 14.1. The van der Waals surface area contributed by atoms with Crippen LogP contribution in [0.4, 0.5) is 11.4 Å². The number of aryl methyl sites for hydroxylation is 2. The average molecular weight is 293 g/mol. The van der Waals surface area contributed by atoms with Gasteiger partial charge in [0.1, 0.15) is 0 Å². The van der Waals surface area contributed by atoms with Gasteiger partial charge in [-0.15, -0.1) is 0 Å². The van der Waals surface area contributed by atoms with Crippen molar-refractivity contribution in [1.29, 1.82) is 0 Å². The first-order valence-corrected chi connectivity index (χ1v) is 6.54. The molecule has 0 atom stereocenters. The number of anilines is 2. The Balaban J connectivity index is 2.45. The molecule has 0 saturated carbocycles. The lowest BCUT2D eigenvalue weighted by molar-refractivity contribution is 0.0992. The van der Waals surface area contributed by atoms with Gasteiger partial charge in [-0.25, -0.2) is 0 Å². The van der Waals surface area contributed by atoms with Crippen LogP contribution in [0.25, 0.3) is 0 Å². The van der Waals surface area contributed by atoms with Gasteiger partial charge in [-0.1, -0.05) is 11.6 Å². The van der Waals surface area contributed by atoms with Crippen molar-refractivity contribution in [3.63, 3.8) is 0 Å². The summed E-state index contributed by atoms with van der Waals surface area (Å²) in [5.74, 6) is -0.151. The fraction of sp³-hybridized carbons (Fsp3) is 0.286. The molecule has 0 saturated heterocycles. The smallest absolute Gasteiger partial charge is 0.261 e. The standard InChI is InChI=1S/C14H17ClN4O/c1-8-13(9(2)19(4)17-8)14(20)18(3)12-7-10(15)5-6-11(12)16/h5-7H,16H2,1-4H3. The van der Waals surface area contributed by atoms with E-state index in [0.29, 0.717) is 27.7 Å². The SMILES string of the molecule is Cc1nn(C)c(C)c1C(=O)N(C)c1cc(Cl)ccc1N. The van der Waals surface area contributed by atoms with Gasteiger partial charge in [0.2, 0.25) is 0 Å². The number of nitrogens with two attached hydrogens (primary N) is 1. The highest BCUT2D eigenvalue weighted by Gasteiger charge is 2.22. The third-order valence-corrected chi connectivity index (χ3v) is 3.62.